The molecule has 2 aromatic carbocycles. The lowest BCUT2D eigenvalue weighted by atomic mass is 10.0. The van der Waals surface area contributed by atoms with E-state index in [1.54, 1.807) is 12.1 Å². The van der Waals surface area contributed by atoms with Crippen molar-refractivity contribution >= 4 is 23.1 Å². The van der Waals surface area contributed by atoms with Gasteiger partial charge in [-0.15, -0.1) is 0 Å². The van der Waals surface area contributed by atoms with Crippen molar-refractivity contribution in [1.82, 2.24) is 4.90 Å². The first kappa shape index (κ1) is 18.7. The molecule has 1 N–H and O–H groups in total. The van der Waals surface area contributed by atoms with E-state index in [2.05, 4.69) is 5.32 Å². The Balaban J connectivity index is 1.78. The highest BCUT2D eigenvalue weighted by Gasteiger charge is 2.39. The van der Waals surface area contributed by atoms with E-state index in [0.717, 1.165) is 21.7 Å². The second-order valence-electron chi connectivity index (χ2n) is 6.98. The second kappa shape index (κ2) is 7.39. The van der Waals surface area contributed by atoms with Gasteiger partial charge in [-0.2, -0.15) is 0 Å². The average molecular weight is 390 g/mol. The molecule has 6 heteroatoms. The first-order valence-corrected chi connectivity index (χ1v) is 9.17. The minimum atomic E-state index is -0.453. The van der Waals surface area contributed by atoms with Crippen LogP contribution >= 0.6 is 0 Å². The van der Waals surface area contributed by atoms with Crippen LogP contribution in [0.3, 0.4) is 0 Å². The highest BCUT2D eigenvalue weighted by atomic mass is 19.1. The molecule has 3 aromatic rings. The number of carbonyl (C=O) groups is 2. The predicted molar refractivity (Wildman–Crippen MR) is 107 cm³/mol. The van der Waals surface area contributed by atoms with Crippen LogP contribution in [0.1, 0.15) is 22.5 Å². The third-order valence-corrected chi connectivity index (χ3v) is 4.85. The van der Waals surface area contributed by atoms with Crippen LogP contribution in [0, 0.1) is 19.7 Å². The highest BCUT2D eigenvalue weighted by molar-refractivity contribution is 6.36. The van der Waals surface area contributed by atoms with Gasteiger partial charge in [-0.1, -0.05) is 24.3 Å². The number of aryl methyl sites for hydroxylation is 2. The lowest BCUT2D eigenvalue weighted by Gasteiger charge is -2.14. The Hall–Kier alpha value is -3.67. The molecule has 29 heavy (non-hydrogen) atoms. The molecule has 146 valence electrons. The number of amides is 2. The monoisotopic (exact) mass is 390 g/mol. The summed E-state index contributed by atoms with van der Waals surface area (Å²) in [7, 11) is 0. The summed E-state index contributed by atoms with van der Waals surface area (Å²) in [5, 5.41) is 3.15. The maximum atomic E-state index is 13.4. The summed E-state index contributed by atoms with van der Waals surface area (Å²) in [5.41, 5.74) is 3.54. The zero-order chi connectivity index (χ0) is 20.5. The molecule has 0 aliphatic carbocycles. The Kier molecular flexibility index (Phi) is 4.76. The third-order valence-electron chi connectivity index (χ3n) is 4.85. The first-order valence-electron chi connectivity index (χ1n) is 9.17. The number of imide groups is 1. The summed E-state index contributed by atoms with van der Waals surface area (Å²) in [5.74, 6) is -0.821. The van der Waals surface area contributed by atoms with E-state index in [4.69, 9.17) is 4.42 Å². The molecule has 0 unspecified atom stereocenters. The van der Waals surface area contributed by atoms with Crippen LogP contribution in [0.2, 0.25) is 0 Å². The topological polar surface area (TPSA) is 62.6 Å². The standard InChI is InChI=1S/C23H19FN2O3/c1-14-5-6-15(2)19(12-14)25-21-20(16-7-9-17(24)10-8-16)22(27)26(23(21)28)13-18-4-3-11-29-18/h3-12,25H,13H2,1-2H3. The van der Waals surface area contributed by atoms with Gasteiger partial charge in [0.2, 0.25) is 0 Å². The number of hydrogen-bond acceptors (Lipinski definition) is 4. The zero-order valence-electron chi connectivity index (χ0n) is 16.0. The minimum absolute atomic E-state index is 0.0212. The Morgan fingerprint density at radius 2 is 1.76 bits per heavy atom. The van der Waals surface area contributed by atoms with Crippen molar-refractivity contribution in [2.45, 2.75) is 20.4 Å². The van der Waals surface area contributed by atoms with Crippen LogP contribution in [0.25, 0.3) is 5.57 Å². The average Bonchev–Trinajstić information content (AvgIpc) is 3.29. The molecule has 0 atom stereocenters. The van der Waals surface area contributed by atoms with Gasteiger partial charge < -0.3 is 9.73 Å². The van der Waals surface area contributed by atoms with Gasteiger partial charge in [0.1, 0.15) is 17.3 Å². The number of halogens is 1. The fourth-order valence-electron chi connectivity index (χ4n) is 3.28. The van der Waals surface area contributed by atoms with Gasteiger partial charge in [0.15, 0.2) is 0 Å². The van der Waals surface area contributed by atoms with Crippen LogP contribution in [0.4, 0.5) is 10.1 Å². The quantitative estimate of drug-likeness (QED) is 0.655. The van der Waals surface area contributed by atoms with Gasteiger partial charge in [-0.25, -0.2) is 4.39 Å². The van der Waals surface area contributed by atoms with Gasteiger partial charge in [0.25, 0.3) is 11.8 Å². The molecular formula is C23H19FN2O3. The number of nitrogens with zero attached hydrogens (tertiary/aromatic N) is 1. The molecular weight excluding hydrogens is 371 g/mol. The van der Waals surface area contributed by atoms with Crippen LogP contribution in [-0.4, -0.2) is 16.7 Å². The molecule has 1 aliphatic heterocycles. The molecule has 5 nitrogen and oxygen atoms in total. The van der Waals surface area contributed by atoms with Crippen molar-refractivity contribution in [3.63, 3.8) is 0 Å². The van der Waals surface area contributed by atoms with Gasteiger partial charge in [-0.3, -0.25) is 14.5 Å². The largest absolute Gasteiger partial charge is 0.467 e. The molecule has 0 fully saturated rings. The molecule has 2 heterocycles. The van der Waals surface area contributed by atoms with E-state index < -0.39 is 17.6 Å². The van der Waals surface area contributed by atoms with Crippen molar-refractivity contribution in [3.05, 3.63) is 94.8 Å². The number of anilines is 1. The number of benzene rings is 2. The summed E-state index contributed by atoms with van der Waals surface area (Å²) < 4.78 is 18.7. The Labute approximate surface area is 167 Å². The molecule has 0 saturated heterocycles. The molecule has 4 rings (SSSR count). The predicted octanol–water partition coefficient (Wildman–Crippen LogP) is 4.43. The van der Waals surface area contributed by atoms with Crippen molar-refractivity contribution < 1.29 is 18.4 Å². The maximum Gasteiger partial charge on any atom is 0.278 e. The number of nitrogens with one attached hydrogen (secondary N) is 1. The molecule has 1 aliphatic rings. The molecule has 0 bridgehead atoms. The summed E-state index contributed by atoms with van der Waals surface area (Å²) in [4.78, 5) is 27.4. The van der Waals surface area contributed by atoms with Gasteiger partial charge in [-0.05, 0) is 60.9 Å². The van der Waals surface area contributed by atoms with Crippen LogP contribution in [0.5, 0.6) is 0 Å². The van der Waals surface area contributed by atoms with E-state index in [0.29, 0.717) is 11.3 Å². The van der Waals surface area contributed by atoms with Gasteiger partial charge >= 0.3 is 0 Å². The number of carbonyl (C=O) groups excluding carboxylic acids is 2. The van der Waals surface area contributed by atoms with E-state index >= 15 is 0 Å². The van der Waals surface area contributed by atoms with E-state index in [-0.39, 0.29) is 17.8 Å². The SMILES string of the molecule is Cc1ccc(C)c(NC2=C(c3ccc(F)cc3)C(=O)N(Cc3ccco3)C2=O)c1. The Bertz CT molecular complexity index is 1120. The Morgan fingerprint density at radius 1 is 1.00 bits per heavy atom. The van der Waals surface area contributed by atoms with Crippen molar-refractivity contribution in [1.29, 1.82) is 0 Å². The third kappa shape index (κ3) is 3.57. The fourth-order valence-corrected chi connectivity index (χ4v) is 3.28. The number of hydrogen-bond donors (Lipinski definition) is 1. The fraction of sp³-hybridized carbons (Fsp3) is 0.130. The smallest absolute Gasteiger partial charge is 0.278 e. The molecule has 0 saturated carbocycles. The zero-order valence-corrected chi connectivity index (χ0v) is 16.0. The molecule has 1 aromatic heterocycles. The van der Waals surface area contributed by atoms with Gasteiger partial charge in [0.05, 0.1) is 18.4 Å². The molecule has 0 radical (unpaired) electrons. The van der Waals surface area contributed by atoms with Crippen molar-refractivity contribution in [2.24, 2.45) is 0 Å². The summed E-state index contributed by atoms with van der Waals surface area (Å²) >= 11 is 0. The number of furan rings is 1. The maximum absolute atomic E-state index is 13.4. The lowest BCUT2D eigenvalue weighted by Crippen LogP contribution is -2.31. The van der Waals surface area contributed by atoms with Crippen molar-refractivity contribution in [3.8, 4) is 0 Å². The van der Waals surface area contributed by atoms with E-state index in [9.17, 15) is 14.0 Å². The first-order chi connectivity index (χ1) is 13.9. The van der Waals surface area contributed by atoms with Gasteiger partial charge in [0, 0.05) is 5.69 Å². The molecule has 0 spiro atoms. The Morgan fingerprint density at radius 3 is 2.45 bits per heavy atom. The van der Waals surface area contributed by atoms with E-state index in [1.807, 2.05) is 32.0 Å². The lowest BCUT2D eigenvalue weighted by molar-refractivity contribution is -0.137. The summed E-state index contributed by atoms with van der Waals surface area (Å²) in [6, 6.07) is 14.8. The summed E-state index contributed by atoms with van der Waals surface area (Å²) in [6.45, 7) is 3.89. The summed E-state index contributed by atoms with van der Waals surface area (Å²) in [6.07, 6.45) is 1.49. The van der Waals surface area contributed by atoms with Crippen LogP contribution in [0.15, 0.2) is 71.0 Å². The van der Waals surface area contributed by atoms with Crippen molar-refractivity contribution in [2.75, 3.05) is 5.32 Å². The highest BCUT2D eigenvalue weighted by Crippen LogP contribution is 2.32. The van der Waals surface area contributed by atoms with Crippen LogP contribution in [-0.2, 0) is 16.1 Å². The second-order valence-corrected chi connectivity index (χ2v) is 6.98. The minimum Gasteiger partial charge on any atom is -0.467 e. The molecule has 2 amide bonds. The normalized spacial score (nSPS) is 14.1. The van der Waals surface area contributed by atoms with Crippen LogP contribution < -0.4 is 5.32 Å². The number of rotatable bonds is 5. The van der Waals surface area contributed by atoms with E-state index in [1.165, 1.54) is 30.5 Å².